The van der Waals surface area contributed by atoms with Gasteiger partial charge in [-0.2, -0.15) is 0 Å². The lowest BCUT2D eigenvalue weighted by atomic mass is 9.88. The zero-order valence-corrected chi connectivity index (χ0v) is 27.2. The van der Waals surface area contributed by atoms with Crippen LogP contribution in [-0.4, -0.2) is 94.9 Å². The molecule has 9 heteroatoms. The minimum absolute atomic E-state index is 0.0259. The van der Waals surface area contributed by atoms with E-state index < -0.39 is 36.0 Å². The summed E-state index contributed by atoms with van der Waals surface area (Å²) in [6, 6.07) is 0.635. The number of carbonyl (C=O) groups is 2. The van der Waals surface area contributed by atoms with Gasteiger partial charge in [0.15, 0.2) is 6.10 Å². The number of ether oxygens (including phenoxy) is 2. The van der Waals surface area contributed by atoms with Crippen molar-refractivity contribution in [2.24, 2.45) is 16.8 Å². The van der Waals surface area contributed by atoms with Gasteiger partial charge in [-0.3, -0.25) is 14.7 Å². The number of allylic oxidation sites excluding steroid dienone is 6. The van der Waals surface area contributed by atoms with Crippen LogP contribution >= 0.6 is 0 Å². The summed E-state index contributed by atoms with van der Waals surface area (Å²) < 4.78 is 11.8. The lowest BCUT2D eigenvalue weighted by molar-refractivity contribution is -0.151. The predicted octanol–water partition coefficient (Wildman–Crippen LogP) is 5.36. The molecule has 2 aliphatic heterocycles. The SMILES string of the molecule is C=N/C(=C\C=C/C)[C@H](C)/C=C/C=C(\C)[C@H]1OC(=O)C[C@H](O)CC[C@@](C)(O)[C@@H](OC(=O)N2CCN(C3CCC3)CC2)/C=C/[C@@H]1C. The van der Waals surface area contributed by atoms with Crippen molar-refractivity contribution in [3.63, 3.8) is 0 Å². The average Bonchev–Trinajstić information content (AvgIpc) is 2.96. The van der Waals surface area contributed by atoms with Crippen LogP contribution in [0.5, 0.6) is 0 Å². The van der Waals surface area contributed by atoms with E-state index in [1.54, 1.807) is 17.9 Å². The number of hydrogen-bond donors (Lipinski definition) is 2. The highest BCUT2D eigenvalue weighted by Gasteiger charge is 2.37. The van der Waals surface area contributed by atoms with Gasteiger partial charge in [0, 0.05) is 49.8 Å². The largest absolute Gasteiger partial charge is 0.457 e. The Morgan fingerprint density at radius 3 is 2.50 bits per heavy atom. The van der Waals surface area contributed by atoms with Gasteiger partial charge >= 0.3 is 12.1 Å². The Labute approximate surface area is 263 Å². The molecule has 0 unspecified atom stereocenters. The van der Waals surface area contributed by atoms with Crippen LogP contribution < -0.4 is 0 Å². The van der Waals surface area contributed by atoms with Crippen LogP contribution in [0.3, 0.4) is 0 Å². The van der Waals surface area contributed by atoms with Gasteiger partial charge in [0.2, 0.25) is 0 Å². The number of aliphatic hydroxyl groups excluding tert-OH is 1. The number of rotatable bonds is 8. The lowest BCUT2D eigenvalue weighted by Crippen LogP contribution is -2.54. The Bertz CT molecular complexity index is 1130. The van der Waals surface area contributed by atoms with Crippen molar-refractivity contribution in [2.75, 3.05) is 26.2 Å². The van der Waals surface area contributed by atoms with Gasteiger partial charge in [0.1, 0.15) is 11.7 Å². The molecule has 2 heterocycles. The quantitative estimate of drug-likeness (QED) is 0.165. The van der Waals surface area contributed by atoms with Crippen molar-refractivity contribution in [2.45, 2.75) is 103 Å². The number of aliphatic hydroxyl groups is 2. The fourth-order valence-corrected chi connectivity index (χ4v) is 5.77. The van der Waals surface area contributed by atoms with E-state index in [0.29, 0.717) is 19.1 Å². The Hall–Kier alpha value is -3.01. The molecule has 9 nitrogen and oxygen atoms in total. The summed E-state index contributed by atoms with van der Waals surface area (Å²) in [4.78, 5) is 34.3. The molecule has 2 N–H and O–H groups in total. The maximum atomic E-state index is 13.2. The predicted molar refractivity (Wildman–Crippen MR) is 174 cm³/mol. The van der Waals surface area contributed by atoms with Crippen molar-refractivity contribution >= 4 is 18.8 Å². The Kier molecular flexibility index (Phi) is 13.6. The van der Waals surface area contributed by atoms with E-state index in [4.69, 9.17) is 9.47 Å². The van der Waals surface area contributed by atoms with Gasteiger partial charge in [0.05, 0.1) is 12.5 Å². The molecule has 1 amide bonds. The Morgan fingerprint density at radius 1 is 1.18 bits per heavy atom. The molecule has 0 aromatic carbocycles. The van der Waals surface area contributed by atoms with Gasteiger partial charge in [0.25, 0.3) is 0 Å². The summed E-state index contributed by atoms with van der Waals surface area (Å²) >= 11 is 0. The standard InChI is InChI=1S/C35H53N3O6/c1-7-8-15-30(36-6)25(2)11-9-12-26(3)33-27(4)16-17-31(35(5,42)19-18-29(39)24-32(40)44-33)43-34(41)38-22-20-37(21-23-38)28-13-10-14-28/h7-9,11-12,15-17,25,27-29,31,33,39,42H,6,10,13-14,18-24H2,1-5H3/b8-7-,11-9+,17-16+,26-12+,30-15-/t25-,27+,29-,31+,33-,35-/m1/s1. The minimum Gasteiger partial charge on any atom is -0.457 e. The Morgan fingerprint density at radius 2 is 1.89 bits per heavy atom. The smallest absolute Gasteiger partial charge is 0.410 e. The fraction of sp³-hybridized carbons (Fsp3) is 0.629. The van der Waals surface area contributed by atoms with E-state index >= 15 is 0 Å². The number of esters is 1. The van der Waals surface area contributed by atoms with E-state index in [1.807, 2.05) is 70.2 Å². The molecule has 6 atom stereocenters. The second-order valence-corrected chi connectivity index (χ2v) is 12.7. The molecule has 1 aliphatic carbocycles. The highest BCUT2D eigenvalue weighted by atomic mass is 16.6. The zero-order chi connectivity index (χ0) is 32.3. The number of piperazine rings is 1. The van der Waals surface area contributed by atoms with E-state index in [-0.39, 0.29) is 31.1 Å². The van der Waals surface area contributed by atoms with Crippen LogP contribution in [0.2, 0.25) is 0 Å². The summed E-state index contributed by atoms with van der Waals surface area (Å²) in [5.74, 6) is -0.789. The van der Waals surface area contributed by atoms with E-state index in [1.165, 1.54) is 19.3 Å². The van der Waals surface area contributed by atoms with Crippen LogP contribution in [0.4, 0.5) is 4.79 Å². The number of nitrogens with zero attached hydrogens (tertiary/aromatic N) is 3. The van der Waals surface area contributed by atoms with E-state index in [0.717, 1.165) is 24.4 Å². The lowest BCUT2D eigenvalue weighted by Gasteiger charge is -2.43. The first-order valence-electron chi connectivity index (χ1n) is 16.1. The second-order valence-electron chi connectivity index (χ2n) is 12.7. The molecule has 0 aromatic heterocycles. The van der Waals surface area contributed by atoms with Crippen molar-refractivity contribution in [1.82, 2.24) is 9.80 Å². The molecule has 1 saturated carbocycles. The maximum absolute atomic E-state index is 13.2. The monoisotopic (exact) mass is 611 g/mol. The summed E-state index contributed by atoms with van der Waals surface area (Å²) in [7, 11) is 0. The average molecular weight is 612 g/mol. The molecule has 0 radical (unpaired) electrons. The van der Waals surface area contributed by atoms with Crippen LogP contribution in [0.15, 0.2) is 64.9 Å². The summed E-state index contributed by atoms with van der Waals surface area (Å²) in [5.41, 5.74) is 0.196. The first-order chi connectivity index (χ1) is 20.9. The Balaban J connectivity index is 1.77. The van der Waals surface area contributed by atoms with Crippen molar-refractivity contribution in [3.8, 4) is 0 Å². The summed E-state index contributed by atoms with van der Waals surface area (Å²) in [6.45, 7) is 15.9. The summed E-state index contributed by atoms with van der Waals surface area (Å²) in [6.07, 6.45) is 15.9. The third kappa shape index (κ3) is 10.3. The van der Waals surface area contributed by atoms with Gasteiger partial charge < -0.3 is 24.6 Å². The van der Waals surface area contributed by atoms with Gasteiger partial charge in [-0.05, 0) is 70.9 Å². The van der Waals surface area contributed by atoms with Gasteiger partial charge in [-0.15, -0.1) is 0 Å². The molecule has 2 fully saturated rings. The number of carbonyl (C=O) groups excluding carboxylic acids is 2. The molecule has 0 aromatic rings. The number of amides is 1. The number of cyclic esters (lactones) is 1. The highest BCUT2D eigenvalue weighted by Crippen LogP contribution is 2.29. The molecule has 0 bridgehead atoms. The fourth-order valence-electron chi connectivity index (χ4n) is 5.77. The van der Waals surface area contributed by atoms with Crippen molar-refractivity contribution in [3.05, 3.63) is 59.9 Å². The van der Waals surface area contributed by atoms with Crippen LogP contribution in [-0.2, 0) is 14.3 Å². The third-order valence-electron chi connectivity index (χ3n) is 9.03. The minimum atomic E-state index is -1.44. The van der Waals surface area contributed by atoms with Gasteiger partial charge in [-0.25, -0.2) is 4.79 Å². The second kappa shape index (κ2) is 16.9. The molecule has 3 aliphatic rings. The van der Waals surface area contributed by atoms with Crippen LogP contribution in [0, 0.1) is 11.8 Å². The normalized spacial score (nSPS) is 32.0. The first kappa shape index (κ1) is 35.5. The molecule has 44 heavy (non-hydrogen) atoms. The third-order valence-corrected chi connectivity index (χ3v) is 9.03. The molecule has 3 rings (SSSR count). The molecular weight excluding hydrogens is 558 g/mol. The van der Waals surface area contributed by atoms with E-state index in [9.17, 15) is 19.8 Å². The molecule has 244 valence electrons. The molecule has 0 spiro atoms. The summed E-state index contributed by atoms with van der Waals surface area (Å²) in [5, 5.41) is 22.0. The zero-order valence-electron chi connectivity index (χ0n) is 27.2. The van der Waals surface area contributed by atoms with Crippen LogP contribution in [0.25, 0.3) is 0 Å². The maximum Gasteiger partial charge on any atom is 0.410 e. The van der Waals surface area contributed by atoms with Crippen LogP contribution in [0.1, 0.15) is 73.1 Å². The number of hydrogen-bond acceptors (Lipinski definition) is 8. The van der Waals surface area contributed by atoms with Crippen molar-refractivity contribution < 1.29 is 29.3 Å². The van der Waals surface area contributed by atoms with Crippen molar-refractivity contribution in [1.29, 1.82) is 0 Å². The first-order valence-corrected chi connectivity index (χ1v) is 16.1. The topological polar surface area (TPSA) is 112 Å². The van der Waals surface area contributed by atoms with E-state index in [2.05, 4.69) is 16.6 Å². The molecule has 1 saturated heterocycles. The number of aliphatic imine (C=N–C) groups is 1. The molecular formula is C35H53N3O6. The highest BCUT2D eigenvalue weighted by molar-refractivity contribution is 5.70. The van der Waals surface area contributed by atoms with Gasteiger partial charge in [-0.1, -0.05) is 56.7 Å².